The van der Waals surface area contributed by atoms with Crippen LogP contribution in [0.2, 0.25) is 0 Å². The van der Waals surface area contributed by atoms with Gasteiger partial charge in [0.15, 0.2) is 0 Å². The Kier molecular flexibility index (Phi) is 4.90. The van der Waals surface area contributed by atoms with Gasteiger partial charge >= 0.3 is 0 Å². The zero-order chi connectivity index (χ0) is 18.8. The Hall–Kier alpha value is -2.73. The van der Waals surface area contributed by atoms with Crippen LogP contribution in [0.4, 0.5) is 0 Å². The van der Waals surface area contributed by atoms with Crippen LogP contribution in [-0.4, -0.2) is 46.7 Å². The lowest BCUT2D eigenvalue weighted by molar-refractivity contribution is -0.133. The Labute approximate surface area is 158 Å². The molecule has 2 heterocycles. The van der Waals surface area contributed by atoms with Crippen LogP contribution < -0.4 is 5.43 Å². The predicted molar refractivity (Wildman–Crippen MR) is 102 cm³/mol. The van der Waals surface area contributed by atoms with Crippen molar-refractivity contribution in [3.63, 3.8) is 0 Å². The first-order valence-corrected chi connectivity index (χ1v) is 9.35. The smallest absolute Gasteiger partial charge is 0.247 e. The number of carbonyl (C=O) groups is 2. The molecule has 0 spiro atoms. The summed E-state index contributed by atoms with van der Waals surface area (Å²) in [4.78, 5) is 26.4. The molecular weight excluding hydrogens is 342 g/mol. The Morgan fingerprint density at radius 2 is 1.93 bits per heavy atom. The summed E-state index contributed by atoms with van der Waals surface area (Å²) < 4.78 is 0. The summed E-state index contributed by atoms with van der Waals surface area (Å²) in [7, 11) is 0. The van der Waals surface area contributed by atoms with Crippen LogP contribution in [0.1, 0.15) is 24.3 Å². The summed E-state index contributed by atoms with van der Waals surface area (Å²) in [6.45, 7) is 0.931. The normalized spacial score (nSPS) is 29.7. The average molecular weight is 365 g/mol. The number of β-amino-alcohol motifs (C(OH)–C–C–N with tert-alkyl or cyclic N) is 1. The second kappa shape index (κ2) is 7.48. The van der Waals surface area contributed by atoms with Gasteiger partial charge in [0.2, 0.25) is 11.8 Å². The van der Waals surface area contributed by atoms with Crippen molar-refractivity contribution in [1.29, 1.82) is 0 Å². The average Bonchev–Trinajstić information content (AvgIpc) is 2.71. The van der Waals surface area contributed by atoms with E-state index in [-0.39, 0.29) is 36.0 Å². The van der Waals surface area contributed by atoms with Crippen LogP contribution >= 0.6 is 0 Å². The number of amides is 2. The van der Waals surface area contributed by atoms with Crippen LogP contribution in [-0.2, 0) is 9.59 Å². The quantitative estimate of drug-likeness (QED) is 0.854. The summed E-state index contributed by atoms with van der Waals surface area (Å²) in [6.07, 6.45) is 7.80. The molecule has 2 amide bonds. The molecule has 0 saturated carbocycles. The molecule has 0 unspecified atom stereocenters. The minimum absolute atomic E-state index is 0.0531. The summed E-state index contributed by atoms with van der Waals surface area (Å²) in [5.41, 5.74) is 4.30. The largest absolute Gasteiger partial charge is 0.391 e. The molecule has 0 aromatic heterocycles. The highest BCUT2D eigenvalue weighted by atomic mass is 16.3. The highest BCUT2D eigenvalue weighted by Crippen LogP contribution is 2.30. The molecular formula is C21H23N3O3. The molecule has 1 saturated heterocycles. The van der Waals surface area contributed by atoms with E-state index < -0.39 is 6.10 Å². The van der Waals surface area contributed by atoms with Crippen LogP contribution in [0, 0.1) is 11.8 Å². The Morgan fingerprint density at radius 1 is 1.19 bits per heavy atom. The molecule has 1 fully saturated rings. The van der Waals surface area contributed by atoms with E-state index in [1.807, 2.05) is 54.6 Å². The molecule has 1 aromatic carbocycles. The third-order valence-electron chi connectivity index (χ3n) is 5.63. The van der Waals surface area contributed by atoms with E-state index in [1.54, 1.807) is 4.90 Å². The van der Waals surface area contributed by atoms with Gasteiger partial charge in [-0.05, 0) is 12.0 Å². The molecule has 0 bridgehead atoms. The highest BCUT2D eigenvalue weighted by Gasteiger charge is 2.36. The molecule has 2 aliphatic heterocycles. The zero-order valence-electron chi connectivity index (χ0n) is 15.0. The van der Waals surface area contributed by atoms with E-state index in [2.05, 4.69) is 10.5 Å². The second-order valence-electron chi connectivity index (χ2n) is 7.29. The van der Waals surface area contributed by atoms with Crippen LogP contribution in [0.3, 0.4) is 0 Å². The van der Waals surface area contributed by atoms with Gasteiger partial charge < -0.3 is 10.0 Å². The Balaban J connectivity index is 1.40. The van der Waals surface area contributed by atoms with Gasteiger partial charge in [0.05, 0.1) is 24.2 Å². The van der Waals surface area contributed by atoms with Gasteiger partial charge in [-0.15, -0.1) is 0 Å². The van der Waals surface area contributed by atoms with E-state index in [9.17, 15) is 14.7 Å². The molecule has 6 nitrogen and oxygen atoms in total. The minimum Gasteiger partial charge on any atom is -0.391 e. The number of rotatable bonds is 3. The number of hydrogen-bond donors (Lipinski definition) is 2. The number of nitrogens with zero attached hydrogens (tertiary/aromatic N) is 2. The van der Waals surface area contributed by atoms with Gasteiger partial charge in [-0.2, -0.15) is 5.10 Å². The van der Waals surface area contributed by atoms with Gasteiger partial charge in [0.25, 0.3) is 0 Å². The maximum atomic E-state index is 12.8. The third kappa shape index (κ3) is 3.57. The van der Waals surface area contributed by atoms with Gasteiger partial charge in [-0.25, -0.2) is 5.43 Å². The Bertz CT molecular complexity index is 815. The topological polar surface area (TPSA) is 82.0 Å². The molecule has 140 valence electrons. The monoisotopic (exact) mass is 365 g/mol. The van der Waals surface area contributed by atoms with Crippen molar-refractivity contribution < 1.29 is 14.7 Å². The number of hydrazone groups is 1. The Morgan fingerprint density at radius 3 is 2.67 bits per heavy atom. The first kappa shape index (κ1) is 17.7. The van der Waals surface area contributed by atoms with Crippen molar-refractivity contribution in [2.75, 3.05) is 13.1 Å². The minimum atomic E-state index is -0.580. The molecule has 1 aliphatic carbocycles. The lowest BCUT2D eigenvalue weighted by Crippen LogP contribution is -2.48. The lowest BCUT2D eigenvalue weighted by atomic mass is 9.82. The third-order valence-corrected chi connectivity index (χ3v) is 5.63. The number of fused-ring (bicyclic) bond motifs is 1. The number of nitrogens with one attached hydrogen (secondary N) is 1. The molecule has 4 rings (SSSR count). The van der Waals surface area contributed by atoms with E-state index in [1.165, 1.54) is 0 Å². The van der Waals surface area contributed by atoms with Crippen LogP contribution in [0.5, 0.6) is 0 Å². The number of aliphatic hydroxyl groups excluding tert-OH is 1. The molecule has 0 radical (unpaired) electrons. The summed E-state index contributed by atoms with van der Waals surface area (Å²) in [6, 6.07) is 9.94. The standard InChI is InChI=1S/C21H23N3O3/c25-19-13-24(11-10-15(19)14-6-2-1-3-7-14)20(26)12-18-16-8-4-5-9-17(16)21(27)23-22-18/h1-9,15-17,19,25H,10-13H2,(H,23,27)/t15-,16-,17+,19+/m0/s1. The number of benzene rings is 1. The van der Waals surface area contributed by atoms with Crippen molar-refractivity contribution in [2.45, 2.75) is 24.9 Å². The van der Waals surface area contributed by atoms with Crippen molar-refractivity contribution in [2.24, 2.45) is 16.9 Å². The molecule has 1 aromatic rings. The van der Waals surface area contributed by atoms with E-state index in [4.69, 9.17) is 0 Å². The molecule has 6 heteroatoms. The summed E-state index contributed by atoms with van der Waals surface area (Å²) >= 11 is 0. The maximum absolute atomic E-state index is 12.8. The number of likely N-dealkylation sites (tertiary alicyclic amines) is 1. The zero-order valence-corrected chi connectivity index (χ0v) is 15.0. The molecule has 2 N–H and O–H groups in total. The summed E-state index contributed by atoms with van der Waals surface area (Å²) in [5.74, 6) is -0.616. The van der Waals surface area contributed by atoms with E-state index >= 15 is 0 Å². The molecule has 27 heavy (non-hydrogen) atoms. The van der Waals surface area contributed by atoms with Crippen molar-refractivity contribution >= 4 is 17.5 Å². The fourth-order valence-corrected chi connectivity index (χ4v) is 4.12. The van der Waals surface area contributed by atoms with Crippen LogP contribution in [0.25, 0.3) is 0 Å². The van der Waals surface area contributed by atoms with Gasteiger partial charge in [-0.3, -0.25) is 9.59 Å². The SMILES string of the molecule is O=C1NN=C(CC(=O)N2CC[C@@H](c3ccccc3)[C@H](O)C2)[C@H]2C=CC=C[C@@H]12. The van der Waals surface area contributed by atoms with Crippen molar-refractivity contribution in [1.82, 2.24) is 10.3 Å². The van der Waals surface area contributed by atoms with Crippen molar-refractivity contribution in [3.05, 3.63) is 60.2 Å². The van der Waals surface area contributed by atoms with Crippen LogP contribution in [0.15, 0.2) is 59.7 Å². The fourth-order valence-electron chi connectivity index (χ4n) is 4.12. The lowest BCUT2D eigenvalue weighted by Gasteiger charge is -2.37. The first-order chi connectivity index (χ1) is 13.1. The van der Waals surface area contributed by atoms with Gasteiger partial charge in [0, 0.05) is 24.9 Å². The first-order valence-electron chi connectivity index (χ1n) is 9.35. The molecule has 3 aliphatic rings. The van der Waals surface area contributed by atoms with E-state index in [0.717, 1.165) is 12.0 Å². The molecule has 4 atom stereocenters. The van der Waals surface area contributed by atoms with E-state index in [0.29, 0.717) is 18.8 Å². The maximum Gasteiger partial charge on any atom is 0.247 e. The van der Waals surface area contributed by atoms with Gasteiger partial charge in [-0.1, -0.05) is 54.6 Å². The number of carbonyl (C=O) groups excluding carboxylic acids is 2. The number of hydrogen-bond acceptors (Lipinski definition) is 4. The predicted octanol–water partition coefficient (Wildman–Crippen LogP) is 1.60. The highest BCUT2D eigenvalue weighted by molar-refractivity contribution is 6.07. The number of piperidine rings is 1. The fraction of sp³-hybridized carbons (Fsp3) is 0.381. The van der Waals surface area contributed by atoms with Crippen molar-refractivity contribution in [3.8, 4) is 0 Å². The van der Waals surface area contributed by atoms with Gasteiger partial charge in [0.1, 0.15) is 0 Å². The summed E-state index contributed by atoms with van der Waals surface area (Å²) in [5, 5.41) is 14.7. The number of allylic oxidation sites excluding steroid dienone is 3. The number of aliphatic hydroxyl groups is 1. The second-order valence-corrected chi connectivity index (χ2v) is 7.29.